The summed E-state index contributed by atoms with van der Waals surface area (Å²) in [5, 5.41) is 10.6. The highest BCUT2D eigenvalue weighted by atomic mass is 16.5. The number of hydrogen-bond donors (Lipinski definition) is 1. The van der Waals surface area contributed by atoms with Gasteiger partial charge in [0.15, 0.2) is 0 Å². The van der Waals surface area contributed by atoms with Gasteiger partial charge in [0.05, 0.1) is 11.7 Å². The van der Waals surface area contributed by atoms with Crippen molar-refractivity contribution in [2.75, 3.05) is 7.11 Å². The van der Waals surface area contributed by atoms with Crippen LogP contribution >= 0.6 is 0 Å². The average molecular weight is 260 g/mol. The van der Waals surface area contributed by atoms with Crippen LogP contribution in [-0.2, 0) is 4.74 Å². The van der Waals surface area contributed by atoms with E-state index in [0.29, 0.717) is 11.8 Å². The SMILES string of the molecule is CO[C@]1(C)C[C@]2(C)C(O)C[C@H]1C[C@H]2c1ccccc1. The molecule has 1 aromatic carbocycles. The molecular weight excluding hydrogens is 236 g/mol. The summed E-state index contributed by atoms with van der Waals surface area (Å²) in [5.41, 5.74) is 1.23. The number of methoxy groups -OCH3 is 1. The van der Waals surface area contributed by atoms with E-state index in [9.17, 15) is 5.11 Å². The van der Waals surface area contributed by atoms with Gasteiger partial charge in [0.2, 0.25) is 0 Å². The summed E-state index contributed by atoms with van der Waals surface area (Å²) in [5.74, 6) is 0.908. The van der Waals surface area contributed by atoms with Gasteiger partial charge in [0.25, 0.3) is 0 Å². The number of aliphatic hydroxyl groups is 1. The molecule has 0 heterocycles. The molecule has 4 rings (SSSR count). The summed E-state index contributed by atoms with van der Waals surface area (Å²) in [7, 11) is 1.81. The molecule has 3 saturated carbocycles. The zero-order valence-electron chi connectivity index (χ0n) is 12.1. The first-order chi connectivity index (χ1) is 8.99. The Bertz CT molecular complexity index is 458. The number of fused-ring (bicyclic) bond motifs is 3. The lowest BCUT2D eigenvalue weighted by Gasteiger charge is -2.60. The fourth-order valence-electron chi connectivity index (χ4n) is 4.50. The van der Waals surface area contributed by atoms with Crippen LogP contribution in [0.3, 0.4) is 0 Å². The van der Waals surface area contributed by atoms with Crippen molar-refractivity contribution in [1.82, 2.24) is 0 Å². The molecule has 5 atom stereocenters. The Morgan fingerprint density at radius 1 is 1.16 bits per heavy atom. The molecule has 19 heavy (non-hydrogen) atoms. The summed E-state index contributed by atoms with van der Waals surface area (Å²) in [6.45, 7) is 4.45. The molecule has 2 nitrogen and oxygen atoms in total. The number of benzene rings is 1. The van der Waals surface area contributed by atoms with E-state index in [1.165, 1.54) is 5.56 Å². The minimum absolute atomic E-state index is 0.0686. The van der Waals surface area contributed by atoms with E-state index >= 15 is 0 Å². The van der Waals surface area contributed by atoms with Gasteiger partial charge in [-0.25, -0.2) is 0 Å². The Labute approximate surface area is 115 Å². The van der Waals surface area contributed by atoms with Crippen LogP contribution in [0.25, 0.3) is 0 Å². The first-order valence-electron chi connectivity index (χ1n) is 7.28. The Kier molecular flexibility index (Phi) is 2.99. The van der Waals surface area contributed by atoms with Crippen LogP contribution in [0.5, 0.6) is 0 Å². The molecule has 2 heteroatoms. The third kappa shape index (κ3) is 1.85. The van der Waals surface area contributed by atoms with Crippen molar-refractivity contribution >= 4 is 0 Å². The number of aliphatic hydroxyl groups excluding tert-OH is 1. The van der Waals surface area contributed by atoms with Crippen LogP contribution in [0.15, 0.2) is 30.3 Å². The van der Waals surface area contributed by atoms with Gasteiger partial charge in [-0.1, -0.05) is 37.3 Å². The highest BCUT2D eigenvalue weighted by molar-refractivity contribution is 5.27. The molecule has 0 saturated heterocycles. The summed E-state index contributed by atoms with van der Waals surface area (Å²) in [6.07, 6.45) is 2.74. The van der Waals surface area contributed by atoms with Crippen molar-refractivity contribution in [2.24, 2.45) is 11.3 Å². The smallest absolute Gasteiger partial charge is 0.0686 e. The van der Waals surface area contributed by atoms with Gasteiger partial charge in [0, 0.05) is 12.5 Å². The zero-order chi connectivity index (χ0) is 13.7. The molecule has 104 valence electrons. The average Bonchev–Trinajstić information content (AvgIpc) is 2.41. The van der Waals surface area contributed by atoms with Gasteiger partial charge in [-0.15, -0.1) is 0 Å². The lowest BCUT2D eigenvalue weighted by Crippen LogP contribution is -2.60. The van der Waals surface area contributed by atoms with Crippen LogP contribution in [0.1, 0.15) is 44.6 Å². The first kappa shape index (κ1) is 13.1. The highest BCUT2D eigenvalue weighted by Crippen LogP contribution is 2.61. The predicted molar refractivity (Wildman–Crippen MR) is 76.1 cm³/mol. The second-order valence-corrected chi connectivity index (χ2v) is 6.85. The van der Waals surface area contributed by atoms with E-state index in [0.717, 1.165) is 19.3 Å². The van der Waals surface area contributed by atoms with E-state index in [-0.39, 0.29) is 17.1 Å². The molecule has 0 spiro atoms. The van der Waals surface area contributed by atoms with Crippen molar-refractivity contribution in [3.8, 4) is 0 Å². The van der Waals surface area contributed by atoms with Crippen molar-refractivity contribution in [2.45, 2.75) is 50.7 Å². The lowest BCUT2D eigenvalue weighted by molar-refractivity contribution is -0.194. The molecule has 0 aromatic heterocycles. The van der Waals surface area contributed by atoms with Crippen LogP contribution in [0.4, 0.5) is 0 Å². The Morgan fingerprint density at radius 3 is 2.47 bits per heavy atom. The molecule has 1 unspecified atom stereocenters. The Hall–Kier alpha value is -0.860. The molecule has 1 aromatic rings. The van der Waals surface area contributed by atoms with Gasteiger partial charge in [-0.3, -0.25) is 0 Å². The van der Waals surface area contributed by atoms with Gasteiger partial charge in [0.1, 0.15) is 0 Å². The van der Waals surface area contributed by atoms with E-state index in [1.807, 2.05) is 7.11 Å². The number of rotatable bonds is 2. The molecule has 0 radical (unpaired) electrons. The van der Waals surface area contributed by atoms with Crippen molar-refractivity contribution in [3.05, 3.63) is 35.9 Å². The fourth-order valence-corrected chi connectivity index (χ4v) is 4.50. The highest BCUT2D eigenvalue weighted by Gasteiger charge is 2.59. The Balaban J connectivity index is 1.99. The van der Waals surface area contributed by atoms with Gasteiger partial charge in [-0.2, -0.15) is 0 Å². The Morgan fingerprint density at radius 2 is 1.84 bits per heavy atom. The minimum Gasteiger partial charge on any atom is -0.393 e. The van der Waals surface area contributed by atoms with Crippen LogP contribution in [0.2, 0.25) is 0 Å². The monoisotopic (exact) mass is 260 g/mol. The lowest BCUT2D eigenvalue weighted by atomic mass is 9.48. The van der Waals surface area contributed by atoms with Crippen LogP contribution in [0, 0.1) is 11.3 Å². The third-order valence-electron chi connectivity index (χ3n) is 5.85. The molecule has 3 aliphatic rings. The predicted octanol–water partition coefficient (Wildman–Crippen LogP) is 3.36. The van der Waals surface area contributed by atoms with E-state index in [1.54, 1.807) is 0 Å². The van der Waals surface area contributed by atoms with Crippen molar-refractivity contribution in [3.63, 3.8) is 0 Å². The van der Waals surface area contributed by atoms with E-state index < -0.39 is 0 Å². The molecule has 3 aliphatic carbocycles. The molecular formula is C17H24O2. The second-order valence-electron chi connectivity index (χ2n) is 6.85. The molecule has 0 aliphatic heterocycles. The van der Waals surface area contributed by atoms with Gasteiger partial charge in [-0.05, 0) is 43.6 Å². The summed E-state index contributed by atoms with van der Waals surface area (Å²) in [6, 6.07) is 10.7. The third-order valence-corrected chi connectivity index (χ3v) is 5.85. The summed E-state index contributed by atoms with van der Waals surface area (Å²) in [4.78, 5) is 0. The molecule has 0 amide bonds. The quantitative estimate of drug-likeness (QED) is 0.883. The first-order valence-corrected chi connectivity index (χ1v) is 7.28. The zero-order valence-corrected chi connectivity index (χ0v) is 12.1. The van der Waals surface area contributed by atoms with Crippen molar-refractivity contribution < 1.29 is 9.84 Å². The maximum Gasteiger partial charge on any atom is 0.0686 e. The van der Waals surface area contributed by atoms with Crippen LogP contribution in [-0.4, -0.2) is 23.9 Å². The minimum atomic E-state index is -0.209. The van der Waals surface area contributed by atoms with Gasteiger partial charge >= 0.3 is 0 Å². The summed E-state index contributed by atoms with van der Waals surface area (Å²) >= 11 is 0. The molecule has 1 N–H and O–H groups in total. The normalized spacial score (nSPS) is 45.4. The van der Waals surface area contributed by atoms with E-state index in [4.69, 9.17) is 4.74 Å². The second kappa shape index (κ2) is 4.32. The molecule has 3 fully saturated rings. The van der Waals surface area contributed by atoms with Crippen LogP contribution < -0.4 is 0 Å². The van der Waals surface area contributed by atoms with Crippen molar-refractivity contribution in [1.29, 1.82) is 0 Å². The largest absolute Gasteiger partial charge is 0.393 e. The maximum absolute atomic E-state index is 10.6. The van der Waals surface area contributed by atoms with Gasteiger partial charge < -0.3 is 9.84 Å². The molecule has 2 bridgehead atoms. The van der Waals surface area contributed by atoms with E-state index in [2.05, 4.69) is 44.2 Å². The maximum atomic E-state index is 10.6. The number of hydrogen-bond acceptors (Lipinski definition) is 2. The summed E-state index contributed by atoms with van der Waals surface area (Å²) < 4.78 is 5.80. The fraction of sp³-hybridized carbons (Fsp3) is 0.647. The standard InChI is InChI=1S/C17H24O2/c1-16-11-17(2,19-3)13(10-15(16)18)9-14(16)12-7-5-4-6-8-12/h4-8,13-15,18H,9-11H2,1-3H3/t13-,14+,15?,16+,17-/m1/s1. The topological polar surface area (TPSA) is 29.5 Å². The number of ether oxygens (including phenoxy) is 1.